The highest BCUT2D eigenvalue weighted by Gasteiger charge is 1.90. The molecule has 2 nitrogen and oxygen atoms in total. The van der Waals surface area contributed by atoms with Gasteiger partial charge in [-0.05, 0) is 12.5 Å². The van der Waals surface area contributed by atoms with Crippen LogP contribution in [0.4, 0.5) is 0 Å². The highest BCUT2D eigenvalue weighted by molar-refractivity contribution is 5.20. The van der Waals surface area contributed by atoms with E-state index < -0.39 is 0 Å². The van der Waals surface area contributed by atoms with Crippen LogP contribution in [0.3, 0.4) is 0 Å². The van der Waals surface area contributed by atoms with E-state index in [1.54, 1.807) is 0 Å². The highest BCUT2D eigenvalue weighted by Crippen LogP contribution is 2.03. The van der Waals surface area contributed by atoms with Crippen LogP contribution in [0.5, 0.6) is 0 Å². The number of ether oxygens (including phenoxy) is 1. The molecule has 0 aliphatic heterocycles. The Morgan fingerprint density at radius 1 is 1.21 bits per heavy atom. The highest BCUT2D eigenvalue weighted by atomic mass is 16.5. The monoisotopic (exact) mass is 190 g/mol. The molecule has 14 heavy (non-hydrogen) atoms. The first-order chi connectivity index (χ1) is 6.83. The molecule has 0 bridgehead atoms. The number of aliphatic hydroxyl groups is 1. The van der Waals surface area contributed by atoms with Gasteiger partial charge in [0, 0.05) is 0 Å². The fourth-order valence-electron chi connectivity index (χ4n) is 1.01. The fraction of sp³-hybridized carbons (Fsp3) is 0.333. The summed E-state index contributed by atoms with van der Waals surface area (Å²) in [7, 11) is 0. The summed E-state index contributed by atoms with van der Waals surface area (Å²) in [4.78, 5) is 0. The predicted molar refractivity (Wildman–Crippen MR) is 55.7 cm³/mol. The number of hydrogen-bond acceptors (Lipinski definition) is 2. The van der Waals surface area contributed by atoms with Gasteiger partial charge in [-0.25, -0.2) is 0 Å². The van der Waals surface area contributed by atoms with Crippen LogP contribution in [0.25, 0.3) is 0 Å². The third-order valence-corrected chi connectivity index (χ3v) is 1.77. The van der Waals surface area contributed by atoms with Crippen molar-refractivity contribution in [3.63, 3.8) is 0 Å². The smallest absolute Gasteiger partial charge is 0.108 e. The van der Waals surface area contributed by atoms with Crippen molar-refractivity contribution in [3.05, 3.63) is 35.4 Å². The second-order valence-corrected chi connectivity index (χ2v) is 2.99. The van der Waals surface area contributed by atoms with Crippen molar-refractivity contribution in [2.75, 3.05) is 13.2 Å². The van der Waals surface area contributed by atoms with Gasteiger partial charge in [0.15, 0.2) is 0 Å². The van der Waals surface area contributed by atoms with Crippen LogP contribution in [-0.2, 0) is 11.3 Å². The van der Waals surface area contributed by atoms with E-state index in [9.17, 15) is 0 Å². The quantitative estimate of drug-likeness (QED) is 0.578. The van der Waals surface area contributed by atoms with Crippen molar-refractivity contribution >= 4 is 0 Å². The molecular weight excluding hydrogens is 176 g/mol. The van der Waals surface area contributed by atoms with E-state index in [0.717, 1.165) is 5.56 Å². The lowest BCUT2D eigenvalue weighted by Crippen LogP contribution is -1.93. The number of aliphatic hydroxyl groups excluding tert-OH is 1. The van der Waals surface area contributed by atoms with Crippen LogP contribution < -0.4 is 0 Å². The molecule has 1 aromatic carbocycles. The third kappa shape index (κ3) is 4.08. The summed E-state index contributed by atoms with van der Waals surface area (Å²) in [5.41, 5.74) is 2.38. The lowest BCUT2D eigenvalue weighted by molar-refractivity contribution is 0.153. The Labute approximate surface area is 84.5 Å². The molecule has 1 rings (SSSR count). The number of aryl methyl sites for hydroxylation is 1. The summed E-state index contributed by atoms with van der Waals surface area (Å²) in [6.07, 6.45) is 0. The first kappa shape index (κ1) is 10.8. The molecule has 0 aromatic heterocycles. The van der Waals surface area contributed by atoms with Gasteiger partial charge in [-0.2, -0.15) is 0 Å². The van der Waals surface area contributed by atoms with Crippen LogP contribution in [0.2, 0.25) is 0 Å². The molecule has 74 valence electrons. The lowest BCUT2D eigenvalue weighted by atomic mass is 10.2. The molecular formula is C12H14O2. The van der Waals surface area contributed by atoms with E-state index >= 15 is 0 Å². The second kappa shape index (κ2) is 6.20. The van der Waals surface area contributed by atoms with Gasteiger partial charge in [0.1, 0.15) is 13.2 Å². The molecule has 0 saturated heterocycles. The van der Waals surface area contributed by atoms with Gasteiger partial charge in [0.05, 0.1) is 6.61 Å². The Morgan fingerprint density at radius 2 is 1.93 bits per heavy atom. The van der Waals surface area contributed by atoms with Gasteiger partial charge in [-0.15, -0.1) is 0 Å². The largest absolute Gasteiger partial charge is 0.384 e. The van der Waals surface area contributed by atoms with Gasteiger partial charge >= 0.3 is 0 Å². The Morgan fingerprint density at radius 3 is 2.57 bits per heavy atom. The SMILES string of the molecule is Cc1ccc(COCC#CCO)cc1. The van der Waals surface area contributed by atoms with Gasteiger partial charge < -0.3 is 9.84 Å². The zero-order valence-electron chi connectivity index (χ0n) is 8.29. The molecule has 0 aliphatic rings. The molecule has 0 spiro atoms. The van der Waals surface area contributed by atoms with Crippen LogP contribution >= 0.6 is 0 Å². The van der Waals surface area contributed by atoms with Crippen LogP contribution in [0.1, 0.15) is 11.1 Å². The first-order valence-corrected chi connectivity index (χ1v) is 4.53. The predicted octanol–water partition coefficient (Wildman–Crippen LogP) is 1.51. The fourth-order valence-corrected chi connectivity index (χ4v) is 1.01. The maximum atomic E-state index is 8.38. The van der Waals surface area contributed by atoms with Crippen molar-refractivity contribution in [1.82, 2.24) is 0 Å². The van der Waals surface area contributed by atoms with E-state index in [0.29, 0.717) is 13.2 Å². The van der Waals surface area contributed by atoms with E-state index in [2.05, 4.69) is 30.9 Å². The Balaban J connectivity index is 2.28. The minimum atomic E-state index is -0.103. The van der Waals surface area contributed by atoms with E-state index in [4.69, 9.17) is 9.84 Å². The summed E-state index contributed by atoms with van der Waals surface area (Å²) in [6, 6.07) is 8.18. The van der Waals surface area contributed by atoms with E-state index in [-0.39, 0.29) is 6.61 Å². The van der Waals surface area contributed by atoms with Crippen molar-refractivity contribution in [1.29, 1.82) is 0 Å². The van der Waals surface area contributed by atoms with Gasteiger partial charge in [0.25, 0.3) is 0 Å². The molecule has 0 amide bonds. The summed E-state index contributed by atoms with van der Waals surface area (Å²) in [5.74, 6) is 5.22. The summed E-state index contributed by atoms with van der Waals surface area (Å²) in [6.45, 7) is 2.89. The first-order valence-electron chi connectivity index (χ1n) is 4.53. The lowest BCUT2D eigenvalue weighted by Gasteiger charge is -2.00. The van der Waals surface area contributed by atoms with Crippen LogP contribution in [0, 0.1) is 18.8 Å². The Kier molecular flexibility index (Phi) is 4.77. The standard InChI is InChI=1S/C12H14O2/c1-11-4-6-12(7-5-11)10-14-9-3-2-8-13/h4-7,13H,8-10H2,1H3. The topological polar surface area (TPSA) is 29.5 Å². The number of rotatable bonds is 3. The number of benzene rings is 1. The summed E-state index contributed by atoms with van der Waals surface area (Å²) < 4.78 is 5.28. The molecule has 0 atom stereocenters. The Hall–Kier alpha value is -1.30. The average molecular weight is 190 g/mol. The van der Waals surface area contributed by atoms with Crippen molar-refractivity contribution in [3.8, 4) is 11.8 Å². The summed E-state index contributed by atoms with van der Waals surface area (Å²) in [5, 5.41) is 8.38. The van der Waals surface area contributed by atoms with Crippen LogP contribution in [0.15, 0.2) is 24.3 Å². The minimum Gasteiger partial charge on any atom is -0.384 e. The normalized spacial score (nSPS) is 9.29. The molecule has 0 saturated carbocycles. The van der Waals surface area contributed by atoms with Crippen LogP contribution in [-0.4, -0.2) is 18.3 Å². The van der Waals surface area contributed by atoms with Gasteiger partial charge in [-0.1, -0.05) is 41.7 Å². The van der Waals surface area contributed by atoms with Crippen molar-refractivity contribution in [2.45, 2.75) is 13.5 Å². The second-order valence-electron chi connectivity index (χ2n) is 2.99. The molecule has 1 aromatic rings. The molecule has 1 N–H and O–H groups in total. The molecule has 2 heteroatoms. The van der Waals surface area contributed by atoms with E-state index in [1.165, 1.54) is 5.56 Å². The molecule has 0 aliphatic carbocycles. The van der Waals surface area contributed by atoms with Gasteiger partial charge in [0.2, 0.25) is 0 Å². The minimum absolute atomic E-state index is 0.103. The summed E-state index contributed by atoms with van der Waals surface area (Å²) >= 11 is 0. The number of hydrogen-bond donors (Lipinski definition) is 1. The Bertz CT molecular complexity index is 316. The average Bonchev–Trinajstić information content (AvgIpc) is 2.21. The molecule has 0 radical (unpaired) electrons. The van der Waals surface area contributed by atoms with Crippen molar-refractivity contribution < 1.29 is 9.84 Å². The zero-order chi connectivity index (χ0) is 10.2. The maximum absolute atomic E-state index is 8.38. The molecule has 0 heterocycles. The third-order valence-electron chi connectivity index (χ3n) is 1.77. The molecule has 0 unspecified atom stereocenters. The van der Waals surface area contributed by atoms with Gasteiger partial charge in [-0.3, -0.25) is 0 Å². The maximum Gasteiger partial charge on any atom is 0.108 e. The van der Waals surface area contributed by atoms with Crippen molar-refractivity contribution in [2.24, 2.45) is 0 Å². The molecule has 0 fully saturated rings. The zero-order valence-corrected chi connectivity index (χ0v) is 8.29. The van der Waals surface area contributed by atoms with E-state index in [1.807, 2.05) is 12.1 Å².